The van der Waals surface area contributed by atoms with Crippen molar-refractivity contribution in [2.24, 2.45) is 0 Å². The summed E-state index contributed by atoms with van der Waals surface area (Å²) in [6.45, 7) is 7.30. The minimum Gasteiger partial charge on any atom is -0.444 e. The molecular formula is C12H21NO3. The minimum atomic E-state index is -0.413. The first kappa shape index (κ1) is 11.7. The molecule has 0 aliphatic carbocycles. The van der Waals surface area contributed by atoms with Crippen molar-refractivity contribution in [1.29, 1.82) is 0 Å². The molecule has 0 unspecified atom stereocenters. The predicted octanol–water partition coefficient (Wildman–Crippen LogP) is 2.17. The summed E-state index contributed by atoms with van der Waals surface area (Å²) in [4.78, 5) is 13.9. The van der Waals surface area contributed by atoms with E-state index in [1.54, 1.807) is 0 Å². The topological polar surface area (TPSA) is 42.1 Å². The molecule has 92 valence electrons. The van der Waals surface area contributed by atoms with E-state index in [2.05, 4.69) is 0 Å². The third-order valence-corrected chi connectivity index (χ3v) is 2.97. The van der Waals surface area contributed by atoms with Gasteiger partial charge in [-0.25, -0.2) is 4.79 Å². The molecule has 0 radical (unpaired) electrons. The number of nitrogens with zero attached hydrogens (tertiary/aromatic N) is 1. The summed E-state index contributed by atoms with van der Waals surface area (Å²) in [7, 11) is 0. The average molecular weight is 227 g/mol. The number of likely N-dealkylation sites (tertiary alicyclic amines) is 1. The molecule has 0 saturated carbocycles. The van der Waals surface area contributed by atoms with Crippen LogP contribution in [0.5, 0.6) is 0 Å². The van der Waals surface area contributed by atoms with Crippen LogP contribution in [0.25, 0.3) is 0 Å². The highest BCUT2D eigenvalue weighted by atomic mass is 16.6. The molecule has 0 N–H and O–H groups in total. The number of epoxide rings is 1. The van der Waals surface area contributed by atoms with Gasteiger partial charge in [-0.05, 0) is 40.0 Å². The molecule has 4 heteroatoms. The Balaban J connectivity index is 1.96. The van der Waals surface area contributed by atoms with Gasteiger partial charge in [-0.15, -0.1) is 0 Å². The van der Waals surface area contributed by atoms with Gasteiger partial charge in [0.2, 0.25) is 0 Å². The van der Waals surface area contributed by atoms with Gasteiger partial charge in [0.05, 0.1) is 12.6 Å². The van der Waals surface area contributed by atoms with Crippen LogP contribution >= 0.6 is 0 Å². The number of carbonyl (C=O) groups excluding carboxylic acids is 1. The van der Waals surface area contributed by atoms with E-state index in [-0.39, 0.29) is 18.2 Å². The van der Waals surface area contributed by atoms with Crippen LogP contribution in [0.3, 0.4) is 0 Å². The monoisotopic (exact) mass is 227 g/mol. The van der Waals surface area contributed by atoms with Crippen molar-refractivity contribution in [3.63, 3.8) is 0 Å². The van der Waals surface area contributed by atoms with Crippen molar-refractivity contribution in [1.82, 2.24) is 4.90 Å². The van der Waals surface area contributed by atoms with Crippen LogP contribution in [0.2, 0.25) is 0 Å². The second kappa shape index (κ2) is 4.24. The van der Waals surface area contributed by atoms with Crippen molar-refractivity contribution in [2.45, 2.75) is 57.8 Å². The van der Waals surface area contributed by atoms with Crippen molar-refractivity contribution >= 4 is 6.09 Å². The second-order valence-electron chi connectivity index (χ2n) is 5.61. The van der Waals surface area contributed by atoms with E-state index in [0.717, 1.165) is 26.0 Å². The molecule has 0 spiro atoms. The fourth-order valence-electron chi connectivity index (χ4n) is 2.17. The Morgan fingerprint density at radius 1 is 1.38 bits per heavy atom. The van der Waals surface area contributed by atoms with Gasteiger partial charge >= 0.3 is 6.09 Å². The number of amides is 1. The SMILES string of the molecule is CC(C)(C)OC(=O)N1CCCC[C@H]1[C@H]1CO1. The van der Waals surface area contributed by atoms with E-state index in [4.69, 9.17) is 9.47 Å². The van der Waals surface area contributed by atoms with Crippen molar-refractivity contribution in [3.8, 4) is 0 Å². The number of hydrogen-bond acceptors (Lipinski definition) is 3. The first-order valence-electron chi connectivity index (χ1n) is 6.08. The van der Waals surface area contributed by atoms with Crippen LogP contribution in [0.4, 0.5) is 4.79 Å². The third-order valence-electron chi connectivity index (χ3n) is 2.97. The lowest BCUT2D eigenvalue weighted by atomic mass is 10.0. The molecule has 2 aliphatic heterocycles. The molecule has 0 aromatic carbocycles. The minimum absolute atomic E-state index is 0.187. The van der Waals surface area contributed by atoms with Gasteiger partial charge in [-0.1, -0.05) is 0 Å². The molecule has 2 saturated heterocycles. The lowest BCUT2D eigenvalue weighted by molar-refractivity contribution is 0.00626. The predicted molar refractivity (Wildman–Crippen MR) is 60.3 cm³/mol. The van der Waals surface area contributed by atoms with Crippen LogP contribution < -0.4 is 0 Å². The number of hydrogen-bond donors (Lipinski definition) is 0. The lowest BCUT2D eigenvalue weighted by Gasteiger charge is -2.36. The normalized spacial score (nSPS) is 30.1. The van der Waals surface area contributed by atoms with Crippen molar-refractivity contribution in [3.05, 3.63) is 0 Å². The van der Waals surface area contributed by atoms with Crippen LogP contribution in [0, 0.1) is 0 Å². The molecule has 0 aromatic heterocycles. The maximum atomic E-state index is 12.0. The Morgan fingerprint density at radius 2 is 2.06 bits per heavy atom. The van der Waals surface area contributed by atoms with Gasteiger partial charge in [0.25, 0.3) is 0 Å². The number of carbonyl (C=O) groups is 1. The summed E-state index contributed by atoms with van der Waals surface area (Å²) in [5.41, 5.74) is -0.413. The highest BCUT2D eigenvalue weighted by Crippen LogP contribution is 2.28. The Kier molecular flexibility index (Phi) is 3.10. The van der Waals surface area contributed by atoms with Crippen LogP contribution in [-0.2, 0) is 9.47 Å². The highest BCUT2D eigenvalue weighted by molar-refractivity contribution is 5.68. The van der Waals surface area contributed by atoms with E-state index in [0.29, 0.717) is 0 Å². The van der Waals surface area contributed by atoms with Gasteiger partial charge < -0.3 is 14.4 Å². The Morgan fingerprint density at radius 3 is 2.62 bits per heavy atom. The maximum absolute atomic E-state index is 12.0. The molecule has 4 nitrogen and oxygen atoms in total. The van der Waals surface area contributed by atoms with Gasteiger partial charge in [0.1, 0.15) is 11.7 Å². The van der Waals surface area contributed by atoms with Gasteiger partial charge in [-0.2, -0.15) is 0 Å². The zero-order valence-electron chi connectivity index (χ0n) is 10.4. The second-order valence-corrected chi connectivity index (χ2v) is 5.61. The fraction of sp³-hybridized carbons (Fsp3) is 0.917. The first-order valence-corrected chi connectivity index (χ1v) is 6.08. The van der Waals surface area contributed by atoms with E-state index in [1.807, 2.05) is 25.7 Å². The number of ether oxygens (including phenoxy) is 2. The quantitative estimate of drug-likeness (QED) is 0.645. The molecule has 16 heavy (non-hydrogen) atoms. The molecule has 2 aliphatic rings. The van der Waals surface area contributed by atoms with Gasteiger partial charge in [0, 0.05) is 6.54 Å². The fourth-order valence-corrected chi connectivity index (χ4v) is 2.17. The van der Waals surface area contributed by atoms with Gasteiger partial charge in [0.15, 0.2) is 0 Å². The van der Waals surface area contributed by atoms with E-state index in [1.165, 1.54) is 6.42 Å². The summed E-state index contributed by atoms with van der Waals surface area (Å²) in [6.07, 6.45) is 3.37. The lowest BCUT2D eigenvalue weighted by Crippen LogP contribution is -2.48. The Hall–Kier alpha value is -0.770. The Labute approximate surface area is 96.9 Å². The molecule has 1 amide bonds. The van der Waals surface area contributed by atoms with E-state index in [9.17, 15) is 4.79 Å². The molecule has 0 bridgehead atoms. The zero-order valence-corrected chi connectivity index (χ0v) is 10.4. The molecular weight excluding hydrogens is 206 g/mol. The number of piperidine rings is 1. The van der Waals surface area contributed by atoms with E-state index < -0.39 is 5.60 Å². The van der Waals surface area contributed by atoms with Crippen LogP contribution in [-0.4, -0.2) is 41.9 Å². The zero-order chi connectivity index (χ0) is 11.8. The number of rotatable bonds is 1. The standard InChI is InChI=1S/C12H21NO3/c1-12(2,3)16-11(14)13-7-5-4-6-9(13)10-8-15-10/h9-10H,4-8H2,1-3H3/t9-,10+/m0/s1. The summed E-state index contributed by atoms with van der Waals surface area (Å²) in [6, 6.07) is 0.239. The van der Waals surface area contributed by atoms with Gasteiger partial charge in [-0.3, -0.25) is 0 Å². The van der Waals surface area contributed by atoms with Crippen molar-refractivity contribution in [2.75, 3.05) is 13.2 Å². The molecule has 2 heterocycles. The summed E-state index contributed by atoms with van der Waals surface area (Å²) >= 11 is 0. The molecule has 0 aromatic rings. The molecule has 2 atom stereocenters. The summed E-state index contributed by atoms with van der Waals surface area (Å²) in [5.74, 6) is 0. The largest absolute Gasteiger partial charge is 0.444 e. The highest BCUT2D eigenvalue weighted by Gasteiger charge is 2.41. The van der Waals surface area contributed by atoms with E-state index >= 15 is 0 Å². The Bertz CT molecular complexity index is 268. The maximum Gasteiger partial charge on any atom is 0.410 e. The molecule has 2 fully saturated rings. The third kappa shape index (κ3) is 2.88. The van der Waals surface area contributed by atoms with Crippen LogP contribution in [0.1, 0.15) is 40.0 Å². The summed E-state index contributed by atoms with van der Waals surface area (Å²) in [5, 5.41) is 0. The summed E-state index contributed by atoms with van der Waals surface area (Å²) < 4.78 is 10.7. The smallest absolute Gasteiger partial charge is 0.410 e. The van der Waals surface area contributed by atoms with Crippen LogP contribution in [0.15, 0.2) is 0 Å². The molecule has 2 rings (SSSR count). The van der Waals surface area contributed by atoms with Crippen molar-refractivity contribution < 1.29 is 14.3 Å². The average Bonchev–Trinajstić information content (AvgIpc) is 2.98. The first-order chi connectivity index (χ1) is 7.47.